The molecule has 0 bridgehead atoms. The third-order valence-electron chi connectivity index (χ3n) is 2.95. The molecule has 0 spiro atoms. The summed E-state index contributed by atoms with van der Waals surface area (Å²) in [7, 11) is 0. The summed E-state index contributed by atoms with van der Waals surface area (Å²) < 4.78 is 10.6. The molecule has 0 fully saturated rings. The summed E-state index contributed by atoms with van der Waals surface area (Å²) in [4.78, 5) is 22.4. The molecule has 0 aliphatic heterocycles. The highest BCUT2D eigenvalue weighted by molar-refractivity contribution is 6.35. The van der Waals surface area contributed by atoms with Crippen molar-refractivity contribution in [3.8, 4) is 0 Å². The molecule has 0 atom stereocenters. The number of primary amides is 1. The van der Waals surface area contributed by atoms with E-state index in [4.69, 9.17) is 26.5 Å². The molecule has 2 rings (SSSR count). The number of esters is 1. The lowest BCUT2D eigenvalue weighted by molar-refractivity contribution is 0.0467. The number of halogens is 1. The average Bonchev–Trinajstić information content (AvgIpc) is 2.77. The van der Waals surface area contributed by atoms with Gasteiger partial charge in [0.25, 0.3) is 0 Å². The number of amides is 2. The van der Waals surface area contributed by atoms with Crippen LogP contribution in [0.4, 0.5) is 4.79 Å². The number of benzene rings is 1. The maximum absolute atomic E-state index is 12.0. The first kappa shape index (κ1) is 15.2. The Balaban J connectivity index is 2.01. The number of rotatable bonds is 5. The quantitative estimate of drug-likeness (QED) is 0.655. The van der Waals surface area contributed by atoms with E-state index < -0.39 is 12.0 Å². The molecule has 2 aromatic rings. The van der Waals surface area contributed by atoms with Crippen LogP contribution in [0.25, 0.3) is 11.0 Å². The first-order valence-electron chi connectivity index (χ1n) is 6.38. The van der Waals surface area contributed by atoms with Gasteiger partial charge in [-0.15, -0.1) is 0 Å². The van der Waals surface area contributed by atoms with Crippen molar-refractivity contribution in [3.05, 3.63) is 34.5 Å². The number of carbonyl (C=O) groups is 2. The molecule has 0 unspecified atom stereocenters. The lowest BCUT2D eigenvalue weighted by Gasteiger charge is -2.03. The number of carbonyl (C=O) groups excluding carboxylic acids is 2. The molecule has 2 amide bonds. The first-order valence-corrected chi connectivity index (χ1v) is 6.76. The monoisotopic (exact) mass is 310 g/mol. The van der Waals surface area contributed by atoms with Gasteiger partial charge in [0.15, 0.2) is 5.58 Å². The molecule has 0 saturated heterocycles. The molecular weight excluding hydrogens is 296 g/mol. The van der Waals surface area contributed by atoms with Gasteiger partial charge >= 0.3 is 12.0 Å². The fourth-order valence-electron chi connectivity index (χ4n) is 1.92. The molecule has 0 radical (unpaired) electrons. The minimum Gasteiger partial charge on any atom is -0.460 e. The lowest BCUT2D eigenvalue weighted by Crippen LogP contribution is -2.30. The second kappa shape index (κ2) is 6.49. The summed E-state index contributed by atoms with van der Waals surface area (Å²) in [5.41, 5.74) is 6.08. The summed E-state index contributed by atoms with van der Waals surface area (Å²) in [5, 5.41) is 3.63. The number of urea groups is 1. The molecule has 112 valence electrons. The van der Waals surface area contributed by atoms with Gasteiger partial charge < -0.3 is 20.2 Å². The van der Waals surface area contributed by atoms with E-state index in [0.29, 0.717) is 29.1 Å². The van der Waals surface area contributed by atoms with Crippen LogP contribution in [0.5, 0.6) is 0 Å². The Morgan fingerprint density at radius 1 is 1.43 bits per heavy atom. The van der Waals surface area contributed by atoms with E-state index in [-0.39, 0.29) is 12.4 Å². The number of hydrogen-bond donors (Lipinski definition) is 2. The van der Waals surface area contributed by atoms with E-state index in [2.05, 4.69) is 5.32 Å². The second-order valence-electron chi connectivity index (χ2n) is 4.45. The molecule has 1 heterocycles. The normalized spacial score (nSPS) is 10.6. The van der Waals surface area contributed by atoms with Gasteiger partial charge in [-0.1, -0.05) is 23.7 Å². The van der Waals surface area contributed by atoms with Gasteiger partial charge in [-0.05, 0) is 19.4 Å². The van der Waals surface area contributed by atoms with Crippen LogP contribution >= 0.6 is 11.6 Å². The number of ether oxygens (including phenoxy) is 1. The van der Waals surface area contributed by atoms with Gasteiger partial charge in [-0.2, -0.15) is 0 Å². The number of aryl methyl sites for hydroxylation is 1. The average molecular weight is 311 g/mol. The molecule has 1 aromatic carbocycles. The van der Waals surface area contributed by atoms with E-state index in [0.717, 1.165) is 5.39 Å². The minimum absolute atomic E-state index is 0.140. The Kier molecular flexibility index (Phi) is 4.70. The molecule has 3 N–H and O–H groups in total. The van der Waals surface area contributed by atoms with Gasteiger partial charge in [-0.25, -0.2) is 9.59 Å². The highest BCUT2D eigenvalue weighted by Gasteiger charge is 2.20. The van der Waals surface area contributed by atoms with Gasteiger partial charge in [0.2, 0.25) is 5.76 Å². The van der Waals surface area contributed by atoms with Crippen molar-refractivity contribution in [1.29, 1.82) is 0 Å². The molecule has 7 heteroatoms. The molecule has 0 aliphatic rings. The van der Waals surface area contributed by atoms with Crippen LogP contribution in [0, 0.1) is 6.92 Å². The van der Waals surface area contributed by atoms with Crippen LogP contribution in [0.3, 0.4) is 0 Å². The van der Waals surface area contributed by atoms with E-state index in [1.165, 1.54) is 0 Å². The summed E-state index contributed by atoms with van der Waals surface area (Å²) in [6.45, 7) is 2.27. The van der Waals surface area contributed by atoms with Crippen molar-refractivity contribution >= 4 is 34.6 Å². The van der Waals surface area contributed by atoms with E-state index in [1.54, 1.807) is 19.1 Å². The molecule has 0 saturated carbocycles. The fourth-order valence-corrected chi connectivity index (χ4v) is 2.13. The van der Waals surface area contributed by atoms with Crippen LogP contribution in [-0.2, 0) is 4.74 Å². The van der Waals surface area contributed by atoms with Crippen LogP contribution in [0.15, 0.2) is 22.6 Å². The summed E-state index contributed by atoms with van der Waals surface area (Å²) >= 11 is 6.02. The summed E-state index contributed by atoms with van der Waals surface area (Å²) in [5.74, 6) is -0.417. The third kappa shape index (κ3) is 3.46. The van der Waals surface area contributed by atoms with Crippen molar-refractivity contribution in [1.82, 2.24) is 5.32 Å². The van der Waals surface area contributed by atoms with Crippen LogP contribution in [0.2, 0.25) is 5.02 Å². The first-order chi connectivity index (χ1) is 10.0. The van der Waals surface area contributed by atoms with Crippen molar-refractivity contribution in [3.63, 3.8) is 0 Å². The molecule has 1 aromatic heterocycles. The predicted molar refractivity (Wildman–Crippen MR) is 78.4 cm³/mol. The molecular formula is C14H15ClN2O4. The van der Waals surface area contributed by atoms with Gasteiger partial charge in [0.1, 0.15) is 0 Å². The highest BCUT2D eigenvalue weighted by atomic mass is 35.5. The zero-order valence-electron chi connectivity index (χ0n) is 11.4. The Hall–Kier alpha value is -2.21. The summed E-state index contributed by atoms with van der Waals surface area (Å²) in [6, 6.07) is 4.70. The number of nitrogens with one attached hydrogen (secondary N) is 1. The van der Waals surface area contributed by atoms with E-state index >= 15 is 0 Å². The topological polar surface area (TPSA) is 94.6 Å². The SMILES string of the molecule is Cc1c(C(=O)OCCCNC(N)=O)oc2c(Cl)cccc12. The molecule has 6 nitrogen and oxygen atoms in total. The van der Waals surface area contributed by atoms with Crippen molar-refractivity contribution in [2.75, 3.05) is 13.2 Å². The van der Waals surface area contributed by atoms with E-state index in [1.807, 2.05) is 6.07 Å². The van der Waals surface area contributed by atoms with Crippen LogP contribution < -0.4 is 11.1 Å². The number of hydrogen-bond acceptors (Lipinski definition) is 4. The summed E-state index contributed by atoms with van der Waals surface area (Å²) in [6.07, 6.45) is 0.467. The smallest absolute Gasteiger partial charge is 0.374 e. The van der Waals surface area contributed by atoms with Gasteiger partial charge in [0.05, 0.1) is 11.6 Å². The maximum atomic E-state index is 12.0. The number of nitrogens with two attached hydrogens (primary N) is 1. The van der Waals surface area contributed by atoms with Crippen LogP contribution in [0.1, 0.15) is 22.5 Å². The Labute approximate surface area is 126 Å². The van der Waals surface area contributed by atoms with Gasteiger partial charge in [0, 0.05) is 17.5 Å². The van der Waals surface area contributed by atoms with Crippen LogP contribution in [-0.4, -0.2) is 25.2 Å². The van der Waals surface area contributed by atoms with Crippen molar-refractivity contribution in [2.45, 2.75) is 13.3 Å². The molecule has 0 aliphatic carbocycles. The number of para-hydroxylation sites is 1. The Morgan fingerprint density at radius 2 is 2.19 bits per heavy atom. The predicted octanol–water partition coefficient (Wildman–Crippen LogP) is 2.61. The Morgan fingerprint density at radius 3 is 2.86 bits per heavy atom. The molecule has 21 heavy (non-hydrogen) atoms. The second-order valence-corrected chi connectivity index (χ2v) is 4.86. The Bertz CT molecular complexity index is 681. The highest BCUT2D eigenvalue weighted by Crippen LogP contribution is 2.30. The maximum Gasteiger partial charge on any atom is 0.374 e. The zero-order valence-corrected chi connectivity index (χ0v) is 12.2. The lowest BCUT2D eigenvalue weighted by atomic mass is 10.1. The fraction of sp³-hybridized carbons (Fsp3) is 0.286. The van der Waals surface area contributed by atoms with Crippen molar-refractivity contribution < 1.29 is 18.7 Å². The largest absolute Gasteiger partial charge is 0.460 e. The van der Waals surface area contributed by atoms with Crippen molar-refractivity contribution in [2.24, 2.45) is 5.73 Å². The number of furan rings is 1. The standard InChI is InChI=1S/C14H15ClN2O4/c1-8-9-4-2-5-10(15)12(9)21-11(8)13(18)20-7-3-6-17-14(16)19/h2,4-5H,3,6-7H2,1H3,(H3,16,17,19). The van der Waals surface area contributed by atoms with Gasteiger partial charge in [-0.3, -0.25) is 0 Å². The minimum atomic E-state index is -0.607. The number of fused-ring (bicyclic) bond motifs is 1. The zero-order chi connectivity index (χ0) is 15.4. The van der Waals surface area contributed by atoms with E-state index in [9.17, 15) is 9.59 Å². The third-order valence-corrected chi connectivity index (χ3v) is 3.25.